The summed E-state index contributed by atoms with van der Waals surface area (Å²) in [5, 5.41) is 7.28. The monoisotopic (exact) mass is 356 g/mol. The zero-order valence-corrected chi connectivity index (χ0v) is 12.9. The van der Waals surface area contributed by atoms with Gasteiger partial charge in [0.15, 0.2) is 5.96 Å². The molecular formula is C10H21IN4O2. The van der Waals surface area contributed by atoms with E-state index in [2.05, 4.69) is 0 Å². The van der Waals surface area contributed by atoms with E-state index in [-0.39, 0.29) is 36.0 Å². The molecule has 0 aliphatic carbocycles. The van der Waals surface area contributed by atoms with Crippen LogP contribution in [0.2, 0.25) is 0 Å². The number of halogens is 1. The number of hydrogen-bond donors (Lipinski definition) is 2. The minimum atomic E-state index is -0.463. The minimum Gasteiger partial charge on any atom is -0.444 e. The zero-order chi connectivity index (χ0) is 12.3. The molecule has 6 nitrogen and oxygen atoms in total. The Balaban J connectivity index is 0.00000256. The van der Waals surface area contributed by atoms with Crippen LogP contribution < -0.4 is 5.73 Å². The summed E-state index contributed by atoms with van der Waals surface area (Å²) in [7, 11) is 0. The van der Waals surface area contributed by atoms with Gasteiger partial charge in [-0.25, -0.2) is 4.79 Å². The van der Waals surface area contributed by atoms with Gasteiger partial charge < -0.3 is 20.3 Å². The van der Waals surface area contributed by atoms with Crippen LogP contribution >= 0.6 is 24.0 Å². The Bertz CT molecular complexity index is 283. The van der Waals surface area contributed by atoms with Gasteiger partial charge in [0.1, 0.15) is 5.60 Å². The highest BCUT2D eigenvalue weighted by Crippen LogP contribution is 2.11. The van der Waals surface area contributed by atoms with Crippen molar-refractivity contribution in [3.8, 4) is 0 Å². The van der Waals surface area contributed by atoms with Crippen LogP contribution in [0.15, 0.2) is 0 Å². The summed E-state index contributed by atoms with van der Waals surface area (Å²) in [5.41, 5.74) is 4.90. The van der Waals surface area contributed by atoms with E-state index in [1.54, 1.807) is 9.80 Å². The number of nitrogens with one attached hydrogen (secondary N) is 1. The predicted molar refractivity (Wildman–Crippen MR) is 76.7 cm³/mol. The maximum atomic E-state index is 11.7. The Hall–Kier alpha value is -0.730. The average Bonchev–Trinajstić information content (AvgIpc) is 2.15. The van der Waals surface area contributed by atoms with Gasteiger partial charge >= 0.3 is 6.09 Å². The average molecular weight is 356 g/mol. The number of carbonyl (C=O) groups excluding carboxylic acids is 1. The highest BCUT2D eigenvalue weighted by molar-refractivity contribution is 14.0. The van der Waals surface area contributed by atoms with E-state index in [0.29, 0.717) is 26.2 Å². The smallest absolute Gasteiger partial charge is 0.410 e. The summed E-state index contributed by atoms with van der Waals surface area (Å²) in [6.07, 6.45) is -0.296. The standard InChI is InChI=1S/C10H20N4O2.HI/c1-10(2,3)16-9(15)14-6-4-13(5-7-14)8(11)12;/h4-7H2,1-3H3,(H3,11,12);1H. The van der Waals surface area contributed by atoms with Gasteiger partial charge in [0.2, 0.25) is 0 Å². The summed E-state index contributed by atoms with van der Waals surface area (Å²) in [6.45, 7) is 7.82. The maximum absolute atomic E-state index is 11.7. The molecule has 1 fully saturated rings. The Kier molecular flexibility index (Phi) is 6.00. The predicted octanol–water partition coefficient (Wildman–Crippen LogP) is 1.05. The number of nitrogens with zero attached hydrogens (tertiary/aromatic N) is 2. The second-order valence-electron chi connectivity index (χ2n) is 4.84. The van der Waals surface area contributed by atoms with Crippen LogP contribution in [0.5, 0.6) is 0 Å². The molecule has 0 saturated carbocycles. The number of amides is 1. The molecule has 0 aromatic heterocycles. The van der Waals surface area contributed by atoms with E-state index in [1.807, 2.05) is 20.8 Å². The third-order valence-electron chi connectivity index (χ3n) is 2.27. The molecule has 1 aliphatic rings. The number of hydrogen-bond acceptors (Lipinski definition) is 3. The molecule has 0 spiro atoms. The molecule has 1 amide bonds. The largest absolute Gasteiger partial charge is 0.444 e. The van der Waals surface area contributed by atoms with Crippen LogP contribution in [0.1, 0.15) is 20.8 Å². The Morgan fingerprint density at radius 3 is 1.94 bits per heavy atom. The Morgan fingerprint density at radius 2 is 1.59 bits per heavy atom. The molecule has 0 bridgehead atoms. The molecule has 1 rings (SSSR count). The highest BCUT2D eigenvalue weighted by Gasteiger charge is 2.25. The quantitative estimate of drug-likeness (QED) is 0.386. The molecule has 3 N–H and O–H groups in total. The molecule has 0 aromatic carbocycles. The highest BCUT2D eigenvalue weighted by atomic mass is 127. The number of nitrogens with two attached hydrogens (primary N) is 1. The van der Waals surface area contributed by atoms with Gasteiger partial charge in [-0.15, -0.1) is 24.0 Å². The zero-order valence-electron chi connectivity index (χ0n) is 10.5. The summed E-state index contributed by atoms with van der Waals surface area (Å²) in [5.74, 6) is 0.0591. The van der Waals surface area contributed by atoms with E-state index in [9.17, 15) is 4.79 Å². The van der Waals surface area contributed by atoms with E-state index >= 15 is 0 Å². The Morgan fingerprint density at radius 1 is 1.18 bits per heavy atom. The summed E-state index contributed by atoms with van der Waals surface area (Å²) >= 11 is 0. The molecule has 0 unspecified atom stereocenters. The number of ether oxygens (including phenoxy) is 1. The molecule has 7 heteroatoms. The number of carbonyl (C=O) groups is 1. The van der Waals surface area contributed by atoms with E-state index in [1.165, 1.54) is 0 Å². The molecule has 0 atom stereocenters. The van der Waals surface area contributed by atoms with Crippen LogP contribution in [0.25, 0.3) is 0 Å². The van der Waals surface area contributed by atoms with Crippen molar-refractivity contribution >= 4 is 36.0 Å². The minimum absolute atomic E-state index is 0. The molecule has 0 radical (unpaired) electrons. The fraction of sp³-hybridized carbons (Fsp3) is 0.800. The first-order valence-corrected chi connectivity index (χ1v) is 5.36. The van der Waals surface area contributed by atoms with Gasteiger partial charge in [0.05, 0.1) is 0 Å². The van der Waals surface area contributed by atoms with Crippen molar-refractivity contribution in [3.05, 3.63) is 0 Å². The second kappa shape index (κ2) is 6.27. The van der Waals surface area contributed by atoms with E-state index in [4.69, 9.17) is 15.9 Å². The molecule has 1 heterocycles. The van der Waals surface area contributed by atoms with Crippen LogP contribution in [0, 0.1) is 5.41 Å². The van der Waals surface area contributed by atoms with Crippen LogP contribution in [-0.4, -0.2) is 53.6 Å². The molecule has 100 valence electrons. The third kappa shape index (κ3) is 5.42. The van der Waals surface area contributed by atoms with Crippen molar-refractivity contribution in [3.63, 3.8) is 0 Å². The van der Waals surface area contributed by atoms with E-state index < -0.39 is 5.60 Å². The van der Waals surface area contributed by atoms with Crippen molar-refractivity contribution in [1.29, 1.82) is 5.41 Å². The van der Waals surface area contributed by atoms with Crippen LogP contribution in [0.4, 0.5) is 4.79 Å². The van der Waals surface area contributed by atoms with Gasteiger partial charge in [-0.1, -0.05) is 0 Å². The molecule has 1 saturated heterocycles. The summed E-state index contributed by atoms with van der Waals surface area (Å²) in [6, 6.07) is 0. The van der Waals surface area contributed by atoms with Crippen molar-refractivity contribution < 1.29 is 9.53 Å². The second-order valence-corrected chi connectivity index (χ2v) is 4.84. The van der Waals surface area contributed by atoms with E-state index in [0.717, 1.165) is 0 Å². The van der Waals surface area contributed by atoms with Gasteiger partial charge in [0, 0.05) is 26.2 Å². The molecular weight excluding hydrogens is 335 g/mol. The van der Waals surface area contributed by atoms with Gasteiger partial charge in [-0.3, -0.25) is 5.41 Å². The van der Waals surface area contributed by atoms with Crippen molar-refractivity contribution in [1.82, 2.24) is 9.80 Å². The molecule has 1 aliphatic heterocycles. The topological polar surface area (TPSA) is 82.7 Å². The Labute approximate surface area is 119 Å². The summed E-state index contributed by atoms with van der Waals surface area (Å²) < 4.78 is 5.26. The first-order chi connectivity index (χ1) is 7.29. The third-order valence-corrected chi connectivity index (χ3v) is 2.27. The lowest BCUT2D eigenvalue weighted by Crippen LogP contribution is -2.53. The number of rotatable bonds is 0. The van der Waals surface area contributed by atoms with Crippen LogP contribution in [-0.2, 0) is 4.74 Å². The number of piperazine rings is 1. The van der Waals surface area contributed by atoms with Gasteiger partial charge in [-0.2, -0.15) is 0 Å². The van der Waals surface area contributed by atoms with Gasteiger partial charge in [0.25, 0.3) is 0 Å². The normalized spacial score (nSPS) is 16.2. The van der Waals surface area contributed by atoms with Gasteiger partial charge in [-0.05, 0) is 20.8 Å². The maximum Gasteiger partial charge on any atom is 0.410 e. The molecule has 17 heavy (non-hydrogen) atoms. The lowest BCUT2D eigenvalue weighted by Gasteiger charge is -2.35. The van der Waals surface area contributed by atoms with Crippen molar-refractivity contribution in [2.45, 2.75) is 26.4 Å². The first-order valence-electron chi connectivity index (χ1n) is 5.36. The summed E-state index contributed by atoms with van der Waals surface area (Å²) in [4.78, 5) is 15.1. The fourth-order valence-electron chi connectivity index (χ4n) is 1.46. The fourth-order valence-corrected chi connectivity index (χ4v) is 1.46. The lowest BCUT2D eigenvalue weighted by molar-refractivity contribution is 0.0186. The van der Waals surface area contributed by atoms with Crippen LogP contribution in [0.3, 0.4) is 0 Å². The lowest BCUT2D eigenvalue weighted by atomic mass is 10.2. The molecule has 0 aromatic rings. The first kappa shape index (κ1) is 16.3. The number of guanidine groups is 1. The van der Waals surface area contributed by atoms with Crippen molar-refractivity contribution in [2.24, 2.45) is 5.73 Å². The van der Waals surface area contributed by atoms with Crippen molar-refractivity contribution in [2.75, 3.05) is 26.2 Å². The SMILES string of the molecule is CC(C)(C)OC(=O)N1CCN(C(=N)N)CC1.I.